The predicted molar refractivity (Wildman–Crippen MR) is 312 cm³/mol. The number of benzene rings is 5. The zero-order chi connectivity index (χ0) is 57.6. The highest BCUT2D eigenvalue weighted by Crippen LogP contribution is 2.62. The van der Waals surface area contributed by atoms with Crippen molar-refractivity contribution in [1.29, 1.82) is 5.26 Å². The first kappa shape index (κ1) is 60.9. The number of anilines is 1. The number of sulfonamides is 1. The van der Waals surface area contributed by atoms with Gasteiger partial charge in [0.1, 0.15) is 37.7 Å². The van der Waals surface area contributed by atoms with Gasteiger partial charge in [0, 0.05) is 74.4 Å². The molecule has 1 amide bonds. The molecule has 2 heterocycles. The molecule has 5 aromatic carbocycles. The predicted octanol–water partition coefficient (Wildman–Crippen LogP) is 8.79. The Morgan fingerprint density at radius 2 is 1.46 bits per heavy atom. The van der Waals surface area contributed by atoms with Gasteiger partial charge in [-0.25, -0.2) is 17.9 Å². The number of hydrogen-bond donors (Lipinski definition) is 4. The van der Waals surface area contributed by atoms with E-state index in [-0.39, 0.29) is 55.1 Å². The summed E-state index contributed by atoms with van der Waals surface area (Å²) in [6, 6.07) is 37.4. The maximum atomic E-state index is 13.9. The van der Waals surface area contributed by atoms with E-state index in [0.29, 0.717) is 36.3 Å². The van der Waals surface area contributed by atoms with Gasteiger partial charge in [-0.05, 0) is 99.7 Å². The highest BCUT2D eigenvalue weighted by molar-refractivity contribution is 7.89. The molecular weight excluding hydrogens is 1060 g/mol. The number of nitrogens with zero attached hydrogens (tertiary/aromatic N) is 4. The number of H-pyrrole nitrogens is 1. The number of rotatable bonds is 28. The number of carbonyl (C=O) groups is 1. The van der Waals surface area contributed by atoms with Crippen LogP contribution in [0.1, 0.15) is 94.7 Å². The number of amides is 1. The topological polar surface area (TPSA) is 227 Å². The van der Waals surface area contributed by atoms with Crippen molar-refractivity contribution >= 4 is 46.8 Å². The van der Waals surface area contributed by atoms with Crippen LogP contribution in [0.2, 0.25) is 0 Å². The number of carbonyl (C=O) groups excluding carboxylic acids is 1. The van der Waals surface area contributed by atoms with Gasteiger partial charge in [-0.15, -0.1) is 0 Å². The molecule has 0 saturated carbocycles. The second-order valence-electron chi connectivity index (χ2n) is 20.3. The van der Waals surface area contributed by atoms with Gasteiger partial charge in [0.15, 0.2) is 5.34 Å². The molecule has 0 bridgehead atoms. The van der Waals surface area contributed by atoms with Crippen LogP contribution in [-0.2, 0) is 34.4 Å². The van der Waals surface area contributed by atoms with E-state index in [1.54, 1.807) is 26.4 Å². The number of unbranched alkanes of at least 4 members (excludes halogenated alkanes) is 3. The van der Waals surface area contributed by atoms with Crippen LogP contribution in [0.25, 0.3) is 16.8 Å². The molecule has 0 spiro atoms. The highest BCUT2D eigenvalue weighted by atomic mass is 32.2. The molecule has 1 aliphatic heterocycles. The normalized spacial score (nSPS) is 17.1. The van der Waals surface area contributed by atoms with E-state index in [9.17, 15) is 33.2 Å². The van der Waals surface area contributed by atoms with Crippen molar-refractivity contribution in [3.63, 3.8) is 0 Å². The number of ether oxygens (including phenoxy) is 4. The van der Waals surface area contributed by atoms with Crippen LogP contribution in [0.3, 0.4) is 0 Å². The number of hydrogen-bond acceptors (Lipinski definition) is 14. The van der Waals surface area contributed by atoms with Crippen molar-refractivity contribution in [1.82, 2.24) is 24.3 Å². The summed E-state index contributed by atoms with van der Waals surface area (Å²) < 4.78 is 64.5. The van der Waals surface area contributed by atoms with E-state index >= 15 is 0 Å². The molecule has 0 radical (unpaired) electrons. The molecule has 0 aliphatic carbocycles. The van der Waals surface area contributed by atoms with Gasteiger partial charge in [-0.3, -0.25) is 23.8 Å². The van der Waals surface area contributed by atoms with E-state index in [0.717, 1.165) is 40.6 Å². The summed E-state index contributed by atoms with van der Waals surface area (Å²) in [7, 11) is 1.22. The minimum atomic E-state index is -3.76. The fraction of sp³-hybridized carbons (Fsp3) is 0.400. The van der Waals surface area contributed by atoms with Crippen molar-refractivity contribution in [2.75, 3.05) is 59.5 Å². The van der Waals surface area contributed by atoms with Crippen molar-refractivity contribution in [2.24, 2.45) is 0 Å². The lowest BCUT2D eigenvalue weighted by Gasteiger charge is -2.46. The Balaban J connectivity index is 1.09. The zero-order valence-electron chi connectivity index (χ0n) is 46.8. The van der Waals surface area contributed by atoms with Gasteiger partial charge in [0.25, 0.3) is 5.56 Å². The van der Waals surface area contributed by atoms with Gasteiger partial charge in [0.2, 0.25) is 15.9 Å². The summed E-state index contributed by atoms with van der Waals surface area (Å²) in [6.07, 6.45) is 3.99. The number of fused-ring (bicyclic) bond motifs is 1. The first-order valence-corrected chi connectivity index (χ1v) is 29.5. The van der Waals surface area contributed by atoms with Crippen molar-refractivity contribution < 1.29 is 41.8 Å². The number of methoxy groups -OCH3 is 2. The smallest absolute Gasteiger partial charge is 0.330 e. The third-order valence-corrected chi connectivity index (χ3v) is 18.4. The molecule has 1 unspecified atom stereocenters. The zero-order valence-corrected chi connectivity index (χ0v) is 48.5. The average molecular weight is 1130 g/mol. The maximum Gasteiger partial charge on any atom is 0.330 e. The summed E-state index contributed by atoms with van der Waals surface area (Å²) in [4.78, 5) is 44.9. The minimum Gasteiger partial charge on any atom is -0.497 e. The largest absolute Gasteiger partial charge is 0.497 e. The Bertz CT molecular complexity index is 3280. The molecule has 18 nitrogen and oxygen atoms in total. The second-order valence-corrected chi connectivity index (χ2v) is 24.0. The lowest BCUT2D eigenvalue weighted by molar-refractivity contribution is -0.116. The van der Waals surface area contributed by atoms with Crippen LogP contribution in [0.15, 0.2) is 142 Å². The van der Waals surface area contributed by atoms with Crippen LogP contribution >= 0.6 is 8.30 Å². The summed E-state index contributed by atoms with van der Waals surface area (Å²) in [5, 5.41) is 25.6. The minimum absolute atomic E-state index is 0.00937. The molecule has 1 aromatic heterocycles. The summed E-state index contributed by atoms with van der Waals surface area (Å²) >= 11 is 0. The van der Waals surface area contributed by atoms with Gasteiger partial charge in [-0.2, -0.15) is 5.26 Å². The SMILES string of the molecule is COc1ccc(C(OC[C@H]2O[C@@H](n3cc(/C=C/C(=O)NCCCCCCNS(=O)(=O)c4cccc5c(N(C)C)cccc45)c(=O)[nH]c3=O)C[C@@]2(O)P(OCCC#N)N(C(C)C)C(C)C)(c2ccccc2)c2ccc(OC)cc2)cc1. The van der Waals surface area contributed by atoms with Crippen LogP contribution in [-0.4, -0.2) is 112 Å². The van der Waals surface area contributed by atoms with Crippen molar-refractivity contribution in [3.8, 4) is 17.6 Å². The number of aliphatic hydroxyl groups is 1. The third kappa shape index (κ3) is 14.1. The maximum absolute atomic E-state index is 13.9. The Hall–Kier alpha value is -6.72. The molecule has 1 saturated heterocycles. The van der Waals surface area contributed by atoms with Crippen LogP contribution in [0.5, 0.6) is 11.5 Å². The van der Waals surface area contributed by atoms with Crippen LogP contribution in [0, 0.1) is 11.3 Å². The van der Waals surface area contributed by atoms with E-state index in [2.05, 4.69) is 25.8 Å². The summed E-state index contributed by atoms with van der Waals surface area (Å²) in [5.74, 6) is 0.796. The number of aromatic amines is 1. The van der Waals surface area contributed by atoms with Gasteiger partial charge >= 0.3 is 5.69 Å². The molecule has 426 valence electrons. The van der Waals surface area contributed by atoms with Crippen LogP contribution in [0.4, 0.5) is 5.69 Å². The Morgan fingerprint density at radius 3 is 2.06 bits per heavy atom. The fourth-order valence-corrected chi connectivity index (χ4v) is 14.0. The molecule has 4 N–H and O–H groups in total. The Morgan fingerprint density at radius 1 is 0.863 bits per heavy atom. The monoisotopic (exact) mass is 1130 g/mol. The van der Waals surface area contributed by atoms with E-state index in [1.165, 1.54) is 22.9 Å². The number of nitrogens with one attached hydrogen (secondary N) is 3. The molecule has 20 heteroatoms. The van der Waals surface area contributed by atoms with Crippen LogP contribution < -0.4 is 35.7 Å². The number of aromatic nitrogens is 2. The molecule has 80 heavy (non-hydrogen) atoms. The molecule has 4 atom stereocenters. The molecule has 1 fully saturated rings. The summed E-state index contributed by atoms with van der Waals surface area (Å²) in [6.45, 7) is 8.31. The molecule has 1 aliphatic rings. The van der Waals surface area contributed by atoms with Crippen molar-refractivity contribution in [3.05, 3.63) is 171 Å². The van der Waals surface area contributed by atoms with E-state index in [1.807, 2.05) is 150 Å². The second kappa shape index (κ2) is 27.6. The first-order valence-electron chi connectivity index (χ1n) is 26.8. The Kier molecular flexibility index (Phi) is 21.0. The first-order chi connectivity index (χ1) is 38.4. The highest BCUT2D eigenvalue weighted by Gasteiger charge is 2.58. The molecule has 7 rings (SSSR count). The average Bonchev–Trinajstić information content (AvgIpc) is 3.91. The molecular formula is C60H74N7O11PS. The van der Waals surface area contributed by atoms with Gasteiger partial charge < -0.3 is 38.8 Å². The van der Waals surface area contributed by atoms with Gasteiger partial charge in [-0.1, -0.05) is 91.7 Å². The lowest BCUT2D eigenvalue weighted by atomic mass is 9.80. The van der Waals surface area contributed by atoms with E-state index < -0.39 is 58.8 Å². The molecule has 6 aromatic rings. The quantitative estimate of drug-likeness (QED) is 0.0156. The van der Waals surface area contributed by atoms with Gasteiger partial charge in [0.05, 0.1) is 50.4 Å². The third-order valence-electron chi connectivity index (χ3n) is 14.0. The standard InChI is InChI=1S/C60H74N7O11PS/c1-42(2)67(43(3)4)79(77-38-18-35-61)59(71)39-56(78-54(59)41-76-60(45-19-12-11-13-20-45,46-26-30-48(74-7)31-27-46)47-28-32-49(75-8)33-29-47)66-40-44(57(69)64-58(66)70)25-34-55(68)62-36-14-9-10-15-37-63-80(72,73)53-24-17-21-50-51(53)22-16-23-52(50)65(5)6/h11-13,16-17,19-34,40,42-43,54,56,63,71H,9-10,14-15,18,36-39,41H2,1-8H3,(H,62,68)(H,64,69,70)/b34-25+/t54-,56-,59-,79?/m1/s1. The number of nitriles is 1. The van der Waals surface area contributed by atoms with Crippen molar-refractivity contribution in [2.45, 2.75) is 106 Å². The van der Waals surface area contributed by atoms with E-state index in [4.69, 9.17) is 23.5 Å². The summed E-state index contributed by atoms with van der Waals surface area (Å²) in [5.41, 5.74) is 0.273. The Labute approximate surface area is 470 Å². The fourth-order valence-electron chi connectivity index (χ4n) is 10.2. The lowest BCUT2D eigenvalue weighted by Crippen LogP contribution is -2.48.